The molecule has 0 fully saturated rings. The number of quaternary nitrogens is 2. The summed E-state index contributed by atoms with van der Waals surface area (Å²) in [7, 11) is -14.2. The lowest BCUT2D eigenvalue weighted by molar-refractivity contribution is -1.34. The maximum Gasteiger partial charge on any atom is 0.528 e. The zero-order valence-electron chi connectivity index (χ0n) is 18.1. The summed E-state index contributed by atoms with van der Waals surface area (Å²) < 4.78 is 134. The summed E-state index contributed by atoms with van der Waals surface area (Å²) in [4.78, 5) is 49.7. The van der Waals surface area contributed by atoms with Gasteiger partial charge in [-0.05, 0) is 32.8 Å². The van der Waals surface area contributed by atoms with E-state index in [9.17, 15) is 62.4 Å². The van der Waals surface area contributed by atoms with Crippen LogP contribution in [0.25, 0.3) is 0 Å². The minimum absolute atomic E-state index is 0.711. The first kappa shape index (κ1) is 28.4. The molecule has 0 saturated heterocycles. The second-order valence-corrected chi connectivity index (χ2v) is 10.5. The van der Waals surface area contributed by atoms with Crippen LogP contribution in [0.5, 0.6) is 0 Å². The fraction of sp³-hybridized carbons (Fsp3) is 0.111. The van der Waals surface area contributed by atoms with Gasteiger partial charge in [-0.1, -0.05) is 24.3 Å². The molecule has 0 aliphatic carbocycles. The number of alkyl halides is 6. The standard InChI is InChI=1S/C18H8F6N2O11S2/c19-17(20,21)38(31,32)36-25(13(27)9-5-1-2-6-10(9)14(25)28)35-26(37-39(33,34)18(22,23)24)15(29)11-7-3-4-8-12(11)16(26)30/h1-8H/q+2. The molecule has 0 N–H and O–H groups in total. The van der Waals surface area contributed by atoms with Crippen LogP contribution in [-0.2, 0) is 33.7 Å². The van der Waals surface area contributed by atoms with Crippen LogP contribution in [0.3, 0.4) is 0 Å². The fourth-order valence-corrected chi connectivity index (χ4v) is 4.41. The zero-order chi connectivity index (χ0) is 29.4. The van der Waals surface area contributed by atoms with Crippen LogP contribution in [0.15, 0.2) is 48.5 Å². The summed E-state index contributed by atoms with van der Waals surface area (Å²) in [5.74, 6) is -8.87. The van der Waals surface area contributed by atoms with Gasteiger partial charge < -0.3 is 0 Å². The molecule has 4 rings (SSSR count). The third-order valence-corrected chi connectivity index (χ3v) is 6.99. The number of fused-ring (bicyclic) bond motifs is 2. The molecule has 0 radical (unpaired) electrons. The minimum atomic E-state index is -7.12. The number of carbonyl (C=O) groups excluding carboxylic acids is 4. The fourth-order valence-electron chi connectivity index (χ4n) is 3.36. The molecule has 2 aliphatic heterocycles. The van der Waals surface area contributed by atoms with E-state index in [-0.39, 0.29) is 0 Å². The molecule has 2 aromatic rings. The second kappa shape index (κ2) is 8.45. The van der Waals surface area contributed by atoms with Crippen molar-refractivity contribution in [1.29, 1.82) is 0 Å². The van der Waals surface area contributed by atoms with Crippen molar-refractivity contribution in [2.75, 3.05) is 0 Å². The molecule has 0 spiro atoms. The monoisotopic (exact) mass is 606 g/mol. The van der Waals surface area contributed by atoms with Gasteiger partial charge >= 0.3 is 54.9 Å². The van der Waals surface area contributed by atoms with E-state index in [0.29, 0.717) is 24.3 Å². The number of rotatable bonds is 6. The zero-order valence-corrected chi connectivity index (χ0v) is 19.7. The lowest BCUT2D eigenvalue weighted by atomic mass is 10.1. The van der Waals surface area contributed by atoms with E-state index in [1.807, 2.05) is 0 Å². The summed E-state index contributed by atoms with van der Waals surface area (Å²) in [6, 6.07) is 6.84. The predicted octanol–water partition coefficient (Wildman–Crippen LogP) is 2.02. The number of nitrogens with zero attached hydrogens (tertiary/aromatic N) is 2. The summed E-state index contributed by atoms with van der Waals surface area (Å²) in [6.07, 6.45) is 0. The Morgan fingerprint density at radius 2 is 0.744 bits per heavy atom. The number of amides is 4. The first-order valence-corrected chi connectivity index (χ1v) is 12.5. The maximum absolute atomic E-state index is 13.2. The summed E-state index contributed by atoms with van der Waals surface area (Å²) in [5.41, 5.74) is -16.7. The number of imide groups is 2. The number of benzene rings is 2. The molecule has 0 bridgehead atoms. The van der Waals surface area contributed by atoms with Crippen LogP contribution in [0.2, 0.25) is 0 Å². The van der Waals surface area contributed by atoms with Crippen molar-refractivity contribution in [2.24, 2.45) is 0 Å². The van der Waals surface area contributed by atoms with E-state index < -0.39 is 86.8 Å². The molecular weight excluding hydrogens is 598 g/mol. The Morgan fingerprint density at radius 1 is 0.513 bits per heavy atom. The topological polar surface area (TPSA) is 164 Å². The molecule has 2 aliphatic rings. The van der Waals surface area contributed by atoms with E-state index in [4.69, 9.17) is 0 Å². The van der Waals surface area contributed by atoms with Gasteiger partial charge in [0.2, 0.25) is 0 Å². The minimum Gasteiger partial charge on any atom is -0.217 e. The summed E-state index contributed by atoms with van der Waals surface area (Å²) in [6.45, 7) is 0. The highest BCUT2D eigenvalue weighted by Gasteiger charge is 2.78. The van der Waals surface area contributed by atoms with Gasteiger partial charge in [0.25, 0.3) is 0 Å². The SMILES string of the molecule is O=C1c2ccccc2C(=O)[N+]1(O[N+]1(OS(=O)(=O)C(F)(F)F)C(=O)c2ccccc2C1=O)OS(=O)(=O)C(F)(F)F. The Kier molecular flexibility index (Phi) is 6.15. The van der Waals surface area contributed by atoms with E-state index >= 15 is 0 Å². The molecule has 0 unspecified atom stereocenters. The van der Waals surface area contributed by atoms with Crippen molar-refractivity contribution in [1.82, 2.24) is 0 Å². The number of hydroxylamine groups is 8. The Morgan fingerprint density at radius 3 is 0.949 bits per heavy atom. The van der Waals surface area contributed by atoms with Gasteiger partial charge in [-0.2, -0.15) is 43.2 Å². The normalized spacial score (nSPS) is 18.8. The van der Waals surface area contributed by atoms with E-state index in [1.54, 1.807) is 0 Å². The van der Waals surface area contributed by atoms with E-state index in [1.165, 1.54) is 0 Å². The smallest absolute Gasteiger partial charge is 0.217 e. The van der Waals surface area contributed by atoms with Gasteiger partial charge in [-0.15, -0.1) is 0 Å². The van der Waals surface area contributed by atoms with Crippen molar-refractivity contribution in [3.63, 3.8) is 0 Å². The Labute approximate surface area is 211 Å². The Balaban J connectivity index is 2.02. The summed E-state index contributed by atoms with van der Waals surface area (Å²) in [5, 5.41) is 0. The molecule has 2 heterocycles. The lowest BCUT2D eigenvalue weighted by Crippen LogP contribution is -2.66. The molecule has 21 heteroatoms. The van der Waals surface area contributed by atoms with Crippen molar-refractivity contribution < 1.29 is 85.5 Å². The molecule has 0 atom stereocenters. The van der Waals surface area contributed by atoms with Crippen LogP contribution in [0, 0.1) is 0 Å². The van der Waals surface area contributed by atoms with Crippen molar-refractivity contribution >= 4 is 43.9 Å². The van der Waals surface area contributed by atoms with Crippen molar-refractivity contribution in [3.05, 3.63) is 70.8 Å². The quantitative estimate of drug-likeness (QED) is 0.205. The second-order valence-electron chi connectivity index (χ2n) is 7.45. The van der Waals surface area contributed by atoms with Crippen LogP contribution in [0.4, 0.5) is 26.3 Å². The Hall–Kier alpha value is -3.60. The van der Waals surface area contributed by atoms with Gasteiger partial charge in [0.1, 0.15) is 27.2 Å². The maximum atomic E-state index is 13.2. The van der Waals surface area contributed by atoms with Crippen LogP contribution >= 0.6 is 0 Å². The average Bonchev–Trinajstić information content (AvgIpc) is 3.14. The third-order valence-electron chi connectivity index (χ3n) is 5.05. The molecule has 2 aromatic carbocycles. The average molecular weight is 606 g/mol. The van der Waals surface area contributed by atoms with E-state index in [2.05, 4.69) is 13.5 Å². The lowest BCUT2D eigenvalue weighted by Gasteiger charge is -2.26. The van der Waals surface area contributed by atoms with Crippen LogP contribution in [-0.4, -0.2) is 61.1 Å². The first-order chi connectivity index (χ1) is 17.7. The van der Waals surface area contributed by atoms with Crippen molar-refractivity contribution in [2.45, 2.75) is 11.0 Å². The number of hydrogen-bond donors (Lipinski definition) is 0. The molecule has 208 valence electrons. The molecule has 0 saturated carbocycles. The molecular formula is C18H8F6N2O11S2+2. The van der Waals surface area contributed by atoms with Gasteiger partial charge in [0.15, 0.2) is 9.62 Å². The van der Waals surface area contributed by atoms with Crippen LogP contribution < -0.4 is 0 Å². The van der Waals surface area contributed by atoms with Gasteiger partial charge in [-0.25, -0.2) is 19.2 Å². The molecule has 0 aromatic heterocycles. The van der Waals surface area contributed by atoms with E-state index in [0.717, 1.165) is 24.3 Å². The highest BCUT2D eigenvalue weighted by atomic mass is 32.2. The van der Waals surface area contributed by atoms with Crippen LogP contribution in [0.1, 0.15) is 41.4 Å². The highest BCUT2D eigenvalue weighted by Crippen LogP contribution is 2.43. The van der Waals surface area contributed by atoms with Gasteiger partial charge in [0.05, 0.1) is 0 Å². The summed E-state index contributed by atoms with van der Waals surface area (Å²) >= 11 is 0. The third kappa shape index (κ3) is 4.05. The van der Waals surface area contributed by atoms with Crippen molar-refractivity contribution in [3.8, 4) is 0 Å². The molecule has 39 heavy (non-hydrogen) atoms. The number of carbonyl (C=O) groups is 4. The first-order valence-electron chi connectivity index (χ1n) is 9.64. The highest BCUT2D eigenvalue weighted by molar-refractivity contribution is 7.87. The Bertz CT molecular complexity index is 1490. The number of halogens is 6. The predicted molar refractivity (Wildman–Crippen MR) is 104 cm³/mol. The largest absolute Gasteiger partial charge is 0.528 e. The van der Waals surface area contributed by atoms with Gasteiger partial charge in [-0.3, -0.25) is 0 Å². The van der Waals surface area contributed by atoms with Gasteiger partial charge in [0, 0.05) is 0 Å². The number of hydrogen-bond acceptors (Lipinski definition) is 11. The molecule has 13 nitrogen and oxygen atoms in total. The molecule has 4 amide bonds.